The molecule has 0 aliphatic rings. The molecule has 0 saturated carbocycles. The molecule has 0 radical (unpaired) electrons. The molecule has 0 aromatic carbocycles. The lowest BCUT2D eigenvalue weighted by molar-refractivity contribution is 0.00138. The fourth-order valence-corrected chi connectivity index (χ4v) is 1.46. The van der Waals surface area contributed by atoms with Gasteiger partial charge in [0.25, 0.3) is 0 Å². The van der Waals surface area contributed by atoms with Crippen molar-refractivity contribution in [3.63, 3.8) is 0 Å². The normalized spacial score (nSPS) is 16.3. The summed E-state index contributed by atoms with van der Waals surface area (Å²) in [7, 11) is 1.67. The lowest BCUT2D eigenvalue weighted by Gasteiger charge is -2.32. The van der Waals surface area contributed by atoms with Gasteiger partial charge in [0.05, 0.1) is 11.7 Å². The van der Waals surface area contributed by atoms with E-state index in [0.717, 1.165) is 6.54 Å². The first-order valence-electron chi connectivity index (χ1n) is 4.60. The van der Waals surface area contributed by atoms with Crippen LogP contribution < -0.4 is 5.32 Å². The molecule has 0 aliphatic heterocycles. The van der Waals surface area contributed by atoms with Gasteiger partial charge >= 0.3 is 0 Å². The molecule has 3 heteroatoms. The third kappa shape index (κ3) is 4.25. The highest BCUT2D eigenvalue weighted by Crippen LogP contribution is 2.22. The van der Waals surface area contributed by atoms with Gasteiger partial charge in [-0.15, -0.1) is 0 Å². The van der Waals surface area contributed by atoms with E-state index in [-0.39, 0.29) is 5.60 Å². The van der Waals surface area contributed by atoms with Gasteiger partial charge in [0.1, 0.15) is 5.54 Å². The summed E-state index contributed by atoms with van der Waals surface area (Å²) in [5.41, 5.74) is -0.749. The second kappa shape index (κ2) is 4.59. The Kier molecular flexibility index (Phi) is 4.38. The molecule has 0 amide bonds. The molecule has 0 aromatic rings. The van der Waals surface area contributed by atoms with Crippen LogP contribution in [0.4, 0.5) is 0 Å². The smallest absolute Gasteiger partial charge is 0.106 e. The Hall–Kier alpha value is -0.590. The fourth-order valence-electron chi connectivity index (χ4n) is 1.46. The fraction of sp³-hybridized carbons (Fsp3) is 0.900. The van der Waals surface area contributed by atoms with Crippen molar-refractivity contribution in [3.05, 3.63) is 0 Å². The molecule has 13 heavy (non-hydrogen) atoms. The Bertz CT molecular complexity index is 196. The van der Waals surface area contributed by atoms with E-state index in [4.69, 9.17) is 10.00 Å². The molecule has 0 rings (SSSR count). The highest BCUT2D eigenvalue weighted by atomic mass is 16.5. The first-order chi connectivity index (χ1) is 5.89. The SMILES string of the molecule is CCNC(C)(C#N)CC(C)(C)OC. The summed E-state index contributed by atoms with van der Waals surface area (Å²) in [6.07, 6.45) is 0.681. The van der Waals surface area contributed by atoms with Crippen molar-refractivity contribution in [2.24, 2.45) is 0 Å². The van der Waals surface area contributed by atoms with Crippen molar-refractivity contribution >= 4 is 0 Å². The summed E-state index contributed by atoms with van der Waals surface area (Å²) in [5, 5.41) is 12.2. The third-order valence-electron chi connectivity index (χ3n) is 2.15. The van der Waals surface area contributed by atoms with Gasteiger partial charge in [-0.2, -0.15) is 5.26 Å². The first-order valence-corrected chi connectivity index (χ1v) is 4.60. The molecule has 1 atom stereocenters. The molecular weight excluding hydrogens is 164 g/mol. The predicted molar refractivity (Wildman–Crippen MR) is 53.4 cm³/mol. The van der Waals surface area contributed by atoms with Crippen LogP contribution >= 0.6 is 0 Å². The summed E-state index contributed by atoms with van der Waals surface area (Å²) < 4.78 is 5.29. The Morgan fingerprint density at radius 3 is 2.23 bits per heavy atom. The standard InChI is InChI=1S/C10H20N2O/c1-6-12-10(4,8-11)7-9(2,3)13-5/h12H,6-7H2,1-5H3. The number of ether oxygens (including phenoxy) is 1. The van der Waals surface area contributed by atoms with Crippen LogP contribution in [0.25, 0.3) is 0 Å². The summed E-state index contributed by atoms with van der Waals surface area (Å²) in [6, 6.07) is 2.28. The minimum Gasteiger partial charge on any atom is -0.379 e. The Labute approximate surface area is 81.1 Å². The monoisotopic (exact) mass is 184 g/mol. The Balaban J connectivity index is 4.37. The lowest BCUT2D eigenvalue weighted by Crippen LogP contribution is -2.46. The van der Waals surface area contributed by atoms with Gasteiger partial charge in [0.15, 0.2) is 0 Å². The van der Waals surface area contributed by atoms with Crippen molar-refractivity contribution in [2.75, 3.05) is 13.7 Å². The minimum atomic E-state index is -0.492. The molecule has 1 unspecified atom stereocenters. The molecule has 0 saturated heterocycles. The number of nitrogens with one attached hydrogen (secondary N) is 1. The van der Waals surface area contributed by atoms with E-state index < -0.39 is 5.54 Å². The van der Waals surface area contributed by atoms with E-state index in [1.54, 1.807) is 7.11 Å². The zero-order chi connectivity index (χ0) is 10.5. The Morgan fingerprint density at radius 1 is 1.38 bits per heavy atom. The van der Waals surface area contributed by atoms with Gasteiger partial charge < -0.3 is 4.74 Å². The number of nitrogens with zero attached hydrogens (tertiary/aromatic N) is 1. The molecule has 76 valence electrons. The number of rotatable bonds is 5. The second-order valence-electron chi connectivity index (χ2n) is 4.11. The predicted octanol–water partition coefficient (Wildman–Crippen LogP) is 1.69. The summed E-state index contributed by atoms with van der Waals surface area (Å²) in [4.78, 5) is 0. The van der Waals surface area contributed by atoms with E-state index in [2.05, 4.69) is 11.4 Å². The molecular formula is C10H20N2O. The topological polar surface area (TPSA) is 45.0 Å². The van der Waals surface area contributed by atoms with Crippen molar-refractivity contribution in [1.82, 2.24) is 5.32 Å². The lowest BCUT2D eigenvalue weighted by atomic mass is 9.89. The molecule has 0 bridgehead atoms. The van der Waals surface area contributed by atoms with Gasteiger partial charge in [-0.05, 0) is 27.3 Å². The first kappa shape index (κ1) is 12.4. The maximum atomic E-state index is 9.01. The van der Waals surface area contributed by atoms with Crippen molar-refractivity contribution in [1.29, 1.82) is 5.26 Å². The highest BCUT2D eigenvalue weighted by molar-refractivity contribution is 5.06. The molecule has 0 fully saturated rings. The molecule has 0 aliphatic carbocycles. The summed E-state index contributed by atoms with van der Waals surface area (Å²) in [5.74, 6) is 0. The van der Waals surface area contributed by atoms with Gasteiger partial charge in [-0.25, -0.2) is 0 Å². The minimum absolute atomic E-state index is 0.257. The van der Waals surface area contributed by atoms with Crippen LogP contribution in [-0.4, -0.2) is 24.8 Å². The van der Waals surface area contributed by atoms with Crippen molar-refractivity contribution < 1.29 is 4.74 Å². The summed E-state index contributed by atoms with van der Waals surface area (Å²) >= 11 is 0. The maximum absolute atomic E-state index is 9.01. The quantitative estimate of drug-likeness (QED) is 0.707. The zero-order valence-electron chi connectivity index (χ0n) is 9.27. The molecule has 0 heterocycles. The number of hydrogen-bond acceptors (Lipinski definition) is 3. The van der Waals surface area contributed by atoms with Crippen LogP contribution in [0.15, 0.2) is 0 Å². The zero-order valence-corrected chi connectivity index (χ0v) is 9.27. The highest BCUT2D eigenvalue weighted by Gasteiger charge is 2.31. The molecule has 0 spiro atoms. The van der Waals surface area contributed by atoms with Crippen molar-refractivity contribution in [2.45, 2.75) is 45.3 Å². The number of nitriles is 1. The maximum Gasteiger partial charge on any atom is 0.106 e. The van der Waals surface area contributed by atoms with Crippen LogP contribution in [0.5, 0.6) is 0 Å². The largest absolute Gasteiger partial charge is 0.379 e. The van der Waals surface area contributed by atoms with E-state index in [0.29, 0.717) is 6.42 Å². The molecule has 3 nitrogen and oxygen atoms in total. The Morgan fingerprint density at radius 2 is 1.92 bits per heavy atom. The van der Waals surface area contributed by atoms with Gasteiger partial charge in [-0.1, -0.05) is 6.92 Å². The van der Waals surface area contributed by atoms with Gasteiger partial charge in [0, 0.05) is 13.5 Å². The van der Waals surface area contributed by atoms with Crippen LogP contribution in [0.1, 0.15) is 34.1 Å². The van der Waals surface area contributed by atoms with Gasteiger partial charge in [-0.3, -0.25) is 5.32 Å². The van der Waals surface area contributed by atoms with E-state index in [9.17, 15) is 0 Å². The van der Waals surface area contributed by atoms with Crippen molar-refractivity contribution in [3.8, 4) is 6.07 Å². The van der Waals surface area contributed by atoms with Gasteiger partial charge in [0.2, 0.25) is 0 Å². The van der Waals surface area contributed by atoms with E-state index in [1.807, 2.05) is 27.7 Å². The second-order valence-corrected chi connectivity index (χ2v) is 4.11. The average Bonchev–Trinajstić information content (AvgIpc) is 2.04. The van der Waals surface area contributed by atoms with Crippen LogP contribution in [0.2, 0.25) is 0 Å². The van der Waals surface area contributed by atoms with Crippen LogP contribution in [-0.2, 0) is 4.74 Å². The van der Waals surface area contributed by atoms with Crippen LogP contribution in [0.3, 0.4) is 0 Å². The summed E-state index contributed by atoms with van der Waals surface area (Å²) in [6.45, 7) is 8.66. The van der Waals surface area contributed by atoms with E-state index in [1.165, 1.54) is 0 Å². The molecule has 0 aromatic heterocycles. The number of hydrogen-bond donors (Lipinski definition) is 1. The number of methoxy groups -OCH3 is 1. The van der Waals surface area contributed by atoms with E-state index >= 15 is 0 Å². The molecule has 1 N–H and O–H groups in total. The third-order valence-corrected chi connectivity index (χ3v) is 2.15. The average molecular weight is 184 g/mol. The van der Waals surface area contributed by atoms with Crippen LogP contribution in [0, 0.1) is 11.3 Å².